The highest BCUT2D eigenvalue weighted by Gasteiger charge is 2.25. The van der Waals surface area contributed by atoms with Crippen LogP contribution in [0.4, 0.5) is 0 Å². The fraction of sp³-hybridized carbons (Fsp3) is 0.375. The van der Waals surface area contributed by atoms with Gasteiger partial charge in [0.2, 0.25) is 0 Å². The predicted molar refractivity (Wildman–Crippen MR) is 82.4 cm³/mol. The van der Waals surface area contributed by atoms with Gasteiger partial charge >= 0.3 is 0 Å². The molecule has 3 rings (SSSR count). The van der Waals surface area contributed by atoms with Gasteiger partial charge in [-0.3, -0.25) is 0 Å². The molecule has 0 amide bonds. The first-order valence-corrected chi connectivity index (χ1v) is 7.58. The summed E-state index contributed by atoms with van der Waals surface area (Å²) >= 11 is 3.60. The van der Waals surface area contributed by atoms with E-state index in [0.29, 0.717) is 0 Å². The molecule has 106 valence electrons. The molecule has 1 aromatic carbocycles. The number of halogens is 1. The van der Waals surface area contributed by atoms with Crippen LogP contribution < -0.4 is 10.1 Å². The average molecular weight is 336 g/mol. The van der Waals surface area contributed by atoms with Crippen LogP contribution >= 0.6 is 15.9 Å². The van der Waals surface area contributed by atoms with E-state index in [2.05, 4.69) is 39.4 Å². The van der Waals surface area contributed by atoms with Gasteiger partial charge in [0.1, 0.15) is 17.3 Å². The van der Waals surface area contributed by atoms with Gasteiger partial charge in [0.25, 0.3) is 0 Å². The molecule has 0 spiro atoms. The third-order valence-electron chi connectivity index (χ3n) is 3.77. The summed E-state index contributed by atoms with van der Waals surface area (Å²) in [5.41, 5.74) is 3.60. The highest BCUT2D eigenvalue weighted by molar-refractivity contribution is 9.10. The molecule has 0 bridgehead atoms. The first-order valence-electron chi connectivity index (χ1n) is 6.79. The average Bonchev–Trinajstić information content (AvgIpc) is 2.97. The fourth-order valence-corrected chi connectivity index (χ4v) is 3.45. The quantitative estimate of drug-likeness (QED) is 0.923. The van der Waals surface area contributed by atoms with Crippen LogP contribution in [0.25, 0.3) is 0 Å². The molecule has 20 heavy (non-hydrogen) atoms. The van der Waals surface area contributed by atoms with Crippen LogP contribution in [0.3, 0.4) is 0 Å². The van der Waals surface area contributed by atoms with Crippen molar-refractivity contribution in [1.29, 1.82) is 0 Å². The summed E-state index contributed by atoms with van der Waals surface area (Å²) in [5, 5.41) is 3.38. The highest BCUT2D eigenvalue weighted by Crippen LogP contribution is 2.39. The van der Waals surface area contributed by atoms with Crippen LogP contribution in [0.2, 0.25) is 0 Å². The largest absolute Gasteiger partial charge is 0.493 e. The van der Waals surface area contributed by atoms with E-state index in [1.807, 2.05) is 20.9 Å². The van der Waals surface area contributed by atoms with Gasteiger partial charge in [-0.15, -0.1) is 0 Å². The monoisotopic (exact) mass is 335 g/mol. The lowest BCUT2D eigenvalue weighted by molar-refractivity contribution is 0.351. The van der Waals surface area contributed by atoms with Crippen LogP contribution in [0.1, 0.15) is 34.3 Å². The molecule has 0 fully saturated rings. The number of ether oxygens (including phenoxy) is 1. The minimum absolute atomic E-state index is 0.0804. The summed E-state index contributed by atoms with van der Waals surface area (Å²) in [4.78, 5) is 0. The topological polar surface area (TPSA) is 34.4 Å². The second-order valence-corrected chi connectivity index (χ2v) is 6.09. The first kappa shape index (κ1) is 13.7. The number of benzene rings is 1. The van der Waals surface area contributed by atoms with Crippen molar-refractivity contribution in [2.24, 2.45) is 0 Å². The summed E-state index contributed by atoms with van der Waals surface area (Å²) in [6, 6.07) is 6.45. The summed E-state index contributed by atoms with van der Waals surface area (Å²) in [5.74, 6) is 2.91. The van der Waals surface area contributed by atoms with E-state index in [9.17, 15) is 0 Å². The molecule has 2 aromatic rings. The Hall–Kier alpha value is -1.26. The van der Waals surface area contributed by atoms with Gasteiger partial charge in [0.15, 0.2) is 0 Å². The fourth-order valence-electron chi connectivity index (χ4n) is 2.93. The van der Waals surface area contributed by atoms with E-state index in [1.54, 1.807) is 0 Å². The minimum atomic E-state index is 0.0804. The minimum Gasteiger partial charge on any atom is -0.493 e. The Kier molecular flexibility index (Phi) is 3.61. The number of aryl methyl sites for hydroxylation is 2. The molecule has 1 atom stereocenters. The second kappa shape index (κ2) is 5.26. The Bertz CT molecular complexity index is 648. The van der Waals surface area contributed by atoms with Crippen LogP contribution in [0.15, 0.2) is 27.1 Å². The SMILES string of the molecule is CNC(c1cc(C)oc1C)c1cc(Br)cc2c1OCC2. The summed E-state index contributed by atoms with van der Waals surface area (Å²) in [6.07, 6.45) is 0.974. The van der Waals surface area contributed by atoms with Gasteiger partial charge in [-0.2, -0.15) is 0 Å². The third-order valence-corrected chi connectivity index (χ3v) is 4.23. The maximum absolute atomic E-state index is 5.84. The zero-order valence-electron chi connectivity index (χ0n) is 11.9. The molecule has 4 heteroatoms. The Morgan fingerprint density at radius 3 is 2.65 bits per heavy atom. The van der Waals surface area contributed by atoms with Crippen molar-refractivity contribution in [3.63, 3.8) is 0 Å². The van der Waals surface area contributed by atoms with E-state index in [-0.39, 0.29) is 6.04 Å². The molecule has 1 aliphatic rings. The van der Waals surface area contributed by atoms with E-state index >= 15 is 0 Å². The second-order valence-electron chi connectivity index (χ2n) is 5.17. The number of furan rings is 1. The molecule has 0 aliphatic carbocycles. The van der Waals surface area contributed by atoms with E-state index in [1.165, 1.54) is 16.7 Å². The van der Waals surface area contributed by atoms with Crippen molar-refractivity contribution in [2.45, 2.75) is 26.3 Å². The molecule has 1 unspecified atom stereocenters. The molecule has 1 N–H and O–H groups in total. The van der Waals surface area contributed by atoms with Gasteiger partial charge in [-0.1, -0.05) is 15.9 Å². The molecule has 0 radical (unpaired) electrons. The van der Waals surface area contributed by atoms with E-state index in [0.717, 1.165) is 34.8 Å². The predicted octanol–water partition coefficient (Wildman–Crippen LogP) is 3.90. The standard InChI is InChI=1S/C16H18BrNO2/c1-9-6-13(10(2)20-9)15(18-3)14-8-12(17)7-11-4-5-19-16(11)14/h6-8,15,18H,4-5H2,1-3H3. The van der Waals surface area contributed by atoms with E-state index < -0.39 is 0 Å². The molecular formula is C16H18BrNO2. The number of fused-ring (bicyclic) bond motifs is 1. The van der Waals surface area contributed by atoms with Gasteiger partial charge in [0, 0.05) is 22.0 Å². The number of nitrogens with one attached hydrogen (secondary N) is 1. The summed E-state index contributed by atoms with van der Waals surface area (Å²) in [7, 11) is 1.97. The molecule has 0 saturated heterocycles. The molecule has 0 saturated carbocycles. The smallest absolute Gasteiger partial charge is 0.127 e. The summed E-state index contributed by atoms with van der Waals surface area (Å²) in [6.45, 7) is 4.75. The maximum atomic E-state index is 5.84. The Morgan fingerprint density at radius 2 is 2.00 bits per heavy atom. The Balaban J connectivity index is 2.13. The van der Waals surface area contributed by atoms with Crippen molar-refractivity contribution in [3.8, 4) is 5.75 Å². The number of hydrogen-bond acceptors (Lipinski definition) is 3. The van der Waals surface area contributed by atoms with Crippen LogP contribution in [0, 0.1) is 13.8 Å². The van der Waals surface area contributed by atoms with Crippen molar-refractivity contribution in [2.75, 3.05) is 13.7 Å². The van der Waals surface area contributed by atoms with Crippen LogP contribution in [0.5, 0.6) is 5.75 Å². The van der Waals surface area contributed by atoms with Crippen molar-refractivity contribution in [1.82, 2.24) is 5.32 Å². The van der Waals surface area contributed by atoms with Gasteiger partial charge < -0.3 is 14.5 Å². The molecule has 1 aliphatic heterocycles. The normalized spacial score (nSPS) is 15.0. The third kappa shape index (κ3) is 2.27. The lowest BCUT2D eigenvalue weighted by Gasteiger charge is -2.19. The van der Waals surface area contributed by atoms with Crippen molar-refractivity contribution >= 4 is 15.9 Å². The molecular weight excluding hydrogens is 318 g/mol. The molecule has 3 nitrogen and oxygen atoms in total. The van der Waals surface area contributed by atoms with Gasteiger partial charge in [-0.05, 0) is 44.7 Å². The zero-order chi connectivity index (χ0) is 14.3. The zero-order valence-corrected chi connectivity index (χ0v) is 13.5. The van der Waals surface area contributed by atoms with Gasteiger partial charge in [0.05, 0.1) is 12.6 Å². The lowest BCUT2D eigenvalue weighted by atomic mass is 9.96. The summed E-state index contributed by atoms with van der Waals surface area (Å²) < 4.78 is 12.6. The first-order chi connectivity index (χ1) is 9.60. The molecule has 1 aromatic heterocycles. The van der Waals surface area contributed by atoms with Crippen LogP contribution in [-0.2, 0) is 6.42 Å². The van der Waals surface area contributed by atoms with Gasteiger partial charge in [-0.25, -0.2) is 0 Å². The van der Waals surface area contributed by atoms with Crippen molar-refractivity contribution < 1.29 is 9.15 Å². The Labute approximate surface area is 127 Å². The van der Waals surface area contributed by atoms with Crippen LogP contribution in [-0.4, -0.2) is 13.7 Å². The number of hydrogen-bond donors (Lipinski definition) is 1. The number of rotatable bonds is 3. The lowest BCUT2D eigenvalue weighted by Crippen LogP contribution is -2.18. The van der Waals surface area contributed by atoms with Crippen molar-refractivity contribution in [3.05, 3.63) is 50.9 Å². The highest BCUT2D eigenvalue weighted by atomic mass is 79.9. The Morgan fingerprint density at radius 1 is 1.20 bits per heavy atom. The van der Waals surface area contributed by atoms with E-state index in [4.69, 9.17) is 9.15 Å². The maximum Gasteiger partial charge on any atom is 0.127 e. The molecule has 2 heterocycles.